The minimum Gasteiger partial charge on any atom is -0.368 e. The predicted octanol–water partition coefficient (Wildman–Crippen LogP) is 2.43. The van der Waals surface area contributed by atoms with Gasteiger partial charge in [-0.15, -0.1) is 5.10 Å². The van der Waals surface area contributed by atoms with Crippen molar-refractivity contribution in [2.75, 3.05) is 23.7 Å². The van der Waals surface area contributed by atoms with E-state index in [2.05, 4.69) is 15.0 Å². The smallest absolute Gasteiger partial charge is 0.246 e. The molecule has 3 rings (SSSR count). The quantitative estimate of drug-likeness (QED) is 0.942. The average Bonchev–Trinajstić information content (AvgIpc) is 2.68. The van der Waals surface area contributed by atoms with Crippen molar-refractivity contribution < 1.29 is 4.39 Å². The van der Waals surface area contributed by atoms with Gasteiger partial charge in [-0.1, -0.05) is 25.0 Å². The summed E-state index contributed by atoms with van der Waals surface area (Å²) in [6.07, 6.45) is 4.85. The maximum absolute atomic E-state index is 13.2. The molecule has 2 aromatic rings. The van der Waals surface area contributed by atoms with Crippen molar-refractivity contribution in [3.8, 4) is 0 Å². The molecular formula is C15H20FN5. The van der Waals surface area contributed by atoms with Gasteiger partial charge in [0, 0.05) is 13.1 Å². The first kappa shape index (κ1) is 13.9. The second-order valence-corrected chi connectivity index (χ2v) is 5.46. The van der Waals surface area contributed by atoms with Gasteiger partial charge in [0.25, 0.3) is 0 Å². The van der Waals surface area contributed by atoms with E-state index in [0.29, 0.717) is 18.4 Å². The topological polar surface area (TPSA) is 60.0 Å². The lowest BCUT2D eigenvalue weighted by atomic mass is 10.2. The summed E-state index contributed by atoms with van der Waals surface area (Å²) in [6, 6.07) is 6.47. The lowest BCUT2D eigenvalue weighted by Gasteiger charge is -2.17. The van der Waals surface area contributed by atoms with Gasteiger partial charge in [-0.2, -0.15) is 4.98 Å². The molecule has 1 aliphatic heterocycles. The average molecular weight is 289 g/mol. The molecule has 6 heteroatoms. The highest BCUT2D eigenvalue weighted by Crippen LogP contribution is 2.18. The zero-order valence-corrected chi connectivity index (χ0v) is 12.0. The van der Waals surface area contributed by atoms with Gasteiger partial charge in [-0.3, -0.25) is 0 Å². The number of nitrogens with two attached hydrogens (primary N) is 1. The molecule has 112 valence electrons. The molecule has 0 radical (unpaired) electrons. The SMILES string of the molecule is Nc1nc(N2CCCCCC2)nn1Cc1cccc(F)c1. The summed E-state index contributed by atoms with van der Waals surface area (Å²) in [5.74, 6) is 0.809. The summed E-state index contributed by atoms with van der Waals surface area (Å²) < 4.78 is 14.9. The van der Waals surface area contributed by atoms with E-state index in [0.717, 1.165) is 18.7 Å². The summed E-state index contributed by atoms with van der Waals surface area (Å²) in [5, 5.41) is 4.48. The van der Waals surface area contributed by atoms with Gasteiger partial charge in [-0.25, -0.2) is 9.07 Å². The molecule has 0 spiro atoms. The van der Waals surface area contributed by atoms with E-state index in [1.54, 1.807) is 10.7 Å². The molecule has 2 N–H and O–H groups in total. The van der Waals surface area contributed by atoms with Crippen LogP contribution >= 0.6 is 0 Å². The molecule has 0 aliphatic carbocycles. The van der Waals surface area contributed by atoms with E-state index in [1.807, 2.05) is 6.07 Å². The Morgan fingerprint density at radius 1 is 1.14 bits per heavy atom. The van der Waals surface area contributed by atoms with Gasteiger partial charge in [0.15, 0.2) is 0 Å². The van der Waals surface area contributed by atoms with Crippen LogP contribution in [-0.4, -0.2) is 27.9 Å². The highest BCUT2D eigenvalue weighted by Gasteiger charge is 2.16. The summed E-state index contributed by atoms with van der Waals surface area (Å²) in [7, 11) is 0. The summed E-state index contributed by atoms with van der Waals surface area (Å²) in [6.45, 7) is 2.39. The zero-order chi connectivity index (χ0) is 14.7. The standard InChI is InChI=1S/C15H20FN5/c16-13-7-5-6-12(10-13)11-21-14(17)18-15(19-21)20-8-3-1-2-4-9-20/h5-7,10H,1-4,8-9,11H2,(H2,17,18,19). The van der Waals surface area contributed by atoms with Gasteiger partial charge < -0.3 is 10.6 Å². The fraction of sp³-hybridized carbons (Fsp3) is 0.467. The van der Waals surface area contributed by atoms with Crippen LogP contribution in [-0.2, 0) is 6.54 Å². The van der Waals surface area contributed by atoms with Crippen LogP contribution in [0, 0.1) is 5.82 Å². The van der Waals surface area contributed by atoms with E-state index in [9.17, 15) is 4.39 Å². The Morgan fingerprint density at radius 3 is 2.62 bits per heavy atom. The molecule has 21 heavy (non-hydrogen) atoms. The Hall–Kier alpha value is -2.11. The van der Waals surface area contributed by atoms with Gasteiger partial charge in [0.05, 0.1) is 6.54 Å². The second kappa shape index (κ2) is 6.11. The Balaban J connectivity index is 1.77. The summed E-state index contributed by atoms with van der Waals surface area (Å²) in [5.41, 5.74) is 6.77. The number of rotatable bonds is 3. The molecule has 5 nitrogen and oxygen atoms in total. The number of hydrogen-bond acceptors (Lipinski definition) is 4. The Labute approximate surface area is 123 Å². The monoisotopic (exact) mass is 289 g/mol. The first-order valence-electron chi connectivity index (χ1n) is 7.42. The molecule has 0 atom stereocenters. The third kappa shape index (κ3) is 3.32. The van der Waals surface area contributed by atoms with Crippen molar-refractivity contribution in [1.29, 1.82) is 0 Å². The van der Waals surface area contributed by atoms with Crippen LogP contribution in [0.5, 0.6) is 0 Å². The number of nitrogen functional groups attached to an aromatic ring is 1. The van der Waals surface area contributed by atoms with Crippen LogP contribution in [0.3, 0.4) is 0 Å². The van der Waals surface area contributed by atoms with Gasteiger partial charge in [0.1, 0.15) is 5.82 Å². The molecule has 1 aromatic carbocycles. The van der Waals surface area contributed by atoms with Crippen molar-refractivity contribution in [2.24, 2.45) is 0 Å². The predicted molar refractivity (Wildman–Crippen MR) is 80.6 cm³/mol. The van der Waals surface area contributed by atoms with Crippen molar-refractivity contribution in [3.05, 3.63) is 35.6 Å². The molecule has 1 saturated heterocycles. The van der Waals surface area contributed by atoms with Crippen LogP contribution in [0.25, 0.3) is 0 Å². The summed E-state index contributed by atoms with van der Waals surface area (Å²) in [4.78, 5) is 6.54. The van der Waals surface area contributed by atoms with Crippen molar-refractivity contribution in [2.45, 2.75) is 32.2 Å². The third-order valence-corrected chi connectivity index (χ3v) is 3.80. The maximum atomic E-state index is 13.2. The number of benzene rings is 1. The number of hydrogen-bond donors (Lipinski definition) is 1. The molecular weight excluding hydrogens is 269 g/mol. The molecule has 0 bridgehead atoms. The Kier molecular flexibility index (Phi) is 4.03. The number of nitrogens with zero attached hydrogens (tertiary/aromatic N) is 4. The molecule has 2 heterocycles. The van der Waals surface area contributed by atoms with Crippen LogP contribution in [0.1, 0.15) is 31.2 Å². The van der Waals surface area contributed by atoms with E-state index >= 15 is 0 Å². The largest absolute Gasteiger partial charge is 0.368 e. The third-order valence-electron chi connectivity index (χ3n) is 3.80. The first-order chi connectivity index (χ1) is 10.2. The molecule has 0 unspecified atom stereocenters. The van der Waals surface area contributed by atoms with Crippen LogP contribution in [0.4, 0.5) is 16.3 Å². The van der Waals surface area contributed by atoms with Crippen LogP contribution in [0.2, 0.25) is 0 Å². The number of halogens is 1. The highest BCUT2D eigenvalue weighted by molar-refractivity contribution is 5.35. The first-order valence-corrected chi connectivity index (χ1v) is 7.42. The molecule has 1 fully saturated rings. The minimum atomic E-state index is -0.251. The lowest BCUT2D eigenvalue weighted by molar-refractivity contribution is 0.619. The van der Waals surface area contributed by atoms with Gasteiger partial charge in [-0.05, 0) is 30.5 Å². The molecule has 0 saturated carbocycles. The lowest BCUT2D eigenvalue weighted by Crippen LogP contribution is -2.25. The van der Waals surface area contributed by atoms with Crippen LogP contribution in [0.15, 0.2) is 24.3 Å². The highest BCUT2D eigenvalue weighted by atomic mass is 19.1. The number of anilines is 2. The fourth-order valence-corrected chi connectivity index (χ4v) is 2.67. The normalized spacial score (nSPS) is 16.0. The molecule has 1 aromatic heterocycles. The Bertz CT molecular complexity index is 602. The minimum absolute atomic E-state index is 0.251. The van der Waals surface area contributed by atoms with Crippen molar-refractivity contribution in [3.63, 3.8) is 0 Å². The van der Waals surface area contributed by atoms with E-state index < -0.39 is 0 Å². The second-order valence-electron chi connectivity index (χ2n) is 5.46. The Morgan fingerprint density at radius 2 is 1.90 bits per heavy atom. The zero-order valence-electron chi connectivity index (χ0n) is 12.0. The van der Waals surface area contributed by atoms with E-state index in [4.69, 9.17) is 5.73 Å². The van der Waals surface area contributed by atoms with Crippen LogP contribution < -0.4 is 10.6 Å². The van der Waals surface area contributed by atoms with Crippen molar-refractivity contribution in [1.82, 2.24) is 14.8 Å². The summed E-state index contributed by atoms with van der Waals surface area (Å²) >= 11 is 0. The van der Waals surface area contributed by atoms with Crippen molar-refractivity contribution >= 4 is 11.9 Å². The number of aromatic nitrogens is 3. The van der Waals surface area contributed by atoms with E-state index in [1.165, 1.54) is 37.8 Å². The van der Waals surface area contributed by atoms with E-state index in [-0.39, 0.29) is 5.82 Å². The van der Waals surface area contributed by atoms with Gasteiger partial charge >= 0.3 is 0 Å². The maximum Gasteiger partial charge on any atom is 0.246 e. The molecule has 0 amide bonds. The fourth-order valence-electron chi connectivity index (χ4n) is 2.67. The van der Waals surface area contributed by atoms with Gasteiger partial charge in [0.2, 0.25) is 11.9 Å². The molecule has 1 aliphatic rings.